The highest BCUT2D eigenvalue weighted by Gasteiger charge is 2.37. The van der Waals surface area contributed by atoms with E-state index in [2.05, 4.69) is 15.0 Å². The molecule has 0 spiro atoms. The second-order valence-electron chi connectivity index (χ2n) is 7.56. The number of anilines is 1. The van der Waals surface area contributed by atoms with Gasteiger partial charge in [-0.2, -0.15) is 4.98 Å². The Hall–Kier alpha value is -2.76. The Labute approximate surface area is 180 Å². The van der Waals surface area contributed by atoms with Crippen molar-refractivity contribution in [2.45, 2.75) is 50.4 Å². The van der Waals surface area contributed by atoms with Gasteiger partial charge >= 0.3 is 0 Å². The van der Waals surface area contributed by atoms with Gasteiger partial charge in [-0.15, -0.1) is 11.3 Å². The van der Waals surface area contributed by atoms with Crippen LogP contribution in [0.4, 0.5) is 19.0 Å². The maximum absolute atomic E-state index is 13.6. The molecule has 2 amide bonds. The first-order chi connectivity index (χ1) is 14.9. The highest BCUT2D eigenvalue weighted by Crippen LogP contribution is 2.37. The van der Waals surface area contributed by atoms with Crippen molar-refractivity contribution in [2.24, 2.45) is 0 Å². The largest absolute Gasteiger partial charge is 0.470 e. The summed E-state index contributed by atoms with van der Waals surface area (Å²) < 4.78 is 45.9. The fourth-order valence-electron chi connectivity index (χ4n) is 3.60. The predicted molar refractivity (Wildman–Crippen MR) is 106 cm³/mol. The van der Waals surface area contributed by atoms with Crippen LogP contribution in [0, 0.1) is 0 Å². The standard InChI is InChI=1S/C19H20F3N5O3S/c20-6-12-9-31-18(23-12)17-24-15(5-16(25-17)30-14-7-26(8-14)10-28)27(11-29)13-1-3-19(21,22)4-2-13/h5,9-11,13-14H,1-4,6-8H2. The van der Waals surface area contributed by atoms with E-state index in [1.54, 1.807) is 5.38 Å². The molecule has 0 unspecified atom stereocenters. The number of hydrogen-bond acceptors (Lipinski definition) is 7. The highest BCUT2D eigenvalue weighted by atomic mass is 32.1. The van der Waals surface area contributed by atoms with Crippen LogP contribution in [0.1, 0.15) is 31.4 Å². The SMILES string of the molecule is O=CN1CC(Oc2cc(N(C=O)C3CCC(F)(F)CC3)nc(-c3nc(CF)cs3)n2)C1. The van der Waals surface area contributed by atoms with E-state index < -0.39 is 18.6 Å². The zero-order valence-corrected chi connectivity index (χ0v) is 17.2. The molecule has 0 aromatic carbocycles. The monoisotopic (exact) mass is 455 g/mol. The van der Waals surface area contributed by atoms with Crippen molar-refractivity contribution < 1.29 is 27.5 Å². The van der Waals surface area contributed by atoms with Crippen molar-refractivity contribution in [1.82, 2.24) is 19.9 Å². The van der Waals surface area contributed by atoms with Gasteiger partial charge in [0.1, 0.15) is 18.6 Å². The number of nitrogens with zero attached hydrogens (tertiary/aromatic N) is 5. The fourth-order valence-corrected chi connectivity index (χ4v) is 4.33. The van der Waals surface area contributed by atoms with E-state index in [-0.39, 0.29) is 55.0 Å². The number of rotatable bonds is 8. The van der Waals surface area contributed by atoms with Gasteiger partial charge in [-0.05, 0) is 12.8 Å². The molecule has 4 rings (SSSR count). The highest BCUT2D eigenvalue weighted by molar-refractivity contribution is 7.13. The van der Waals surface area contributed by atoms with E-state index in [1.807, 2.05) is 0 Å². The lowest BCUT2D eigenvalue weighted by Gasteiger charge is -2.36. The number of alkyl halides is 3. The van der Waals surface area contributed by atoms with E-state index in [0.29, 0.717) is 24.5 Å². The van der Waals surface area contributed by atoms with Crippen LogP contribution in [0.15, 0.2) is 11.4 Å². The Morgan fingerprint density at radius 3 is 2.58 bits per heavy atom. The number of carbonyl (C=O) groups is 2. The average Bonchev–Trinajstić information content (AvgIpc) is 3.21. The summed E-state index contributed by atoms with van der Waals surface area (Å²) in [5.74, 6) is -2.21. The molecular formula is C19H20F3N5O3S. The number of hydrogen-bond donors (Lipinski definition) is 0. The number of thiazole rings is 1. The van der Waals surface area contributed by atoms with Gasteiger partial charge in [0.05, 0.1) is 18.8 Å². The van der Waals surface area contributed by atoms with Gasteiger partial charge in [0.25, 0.3) is 0 Å². The van der Waals surface area contributed by atoms with Crippen LogP contribution in [-0.4, -0.2) is 63.8 Å². The van der Waals surface area contributed by atoms with E-state index >= 15 is 0 Å². The van der Waals surface area contributed by atoms with Gasteiger partial charge in [-0.1, -0.05) is 0 Å². The van der Waals surface area contributed by atoms with E-state index in [4.69, 9.17) is 4.74 Å². The maximum atomic E-state index is 13.6. The lowest BCUT2D eigenvalue weighted by Crippen LogP contribution is -2.52. The van der Waals surface area contributed by atoms with Crippen LogP contribution < -0.4 is 9.64 Å². The number of halogens is 3. The Balaban J connectivity index is 1.63. The minimum Gasteiger partial charge on any atom is -0.470 e. The molecule has 0 bridgehead atoms. The molecule has 2 aliphatic rings. The molecule has 2 aromatic heterocycles. The van der Waals surface area contributed by atoms with Crippen LogP contribution in [0.2, 0.25) is 0 Å². The number of ether oxygens (including phenoxy) is 1. The third-order valence-electron chi connectivity index (χ3n) is 5.34. The van der Waals surface area contributed by atoms with Gasteiger partial charge in [0, 0.05) is 30.3 Å². The summed E-state index contributed by atoms with van der Waals surface area (Å²) in [5.41, 5.74) is 0.235. The summed E-state index contributed by atoms with van der Waals surface area (Å²) in [5, 5.41) is 1.89. The average molecular weight is 455 g/mol. The third-order valence-corrected chi connectivity index (χ3v) is 6.23. The van der Waals surface area contributed by atoms with Crippen molar-refractivity contribution in [3.05, 3.63) is 17.1 Å². The molecule has 0 atom stereocenters. The smallest absolute Gasteiger partial charge is 0.248 e. The third kappa shape index (κ3) is 4.78. The van der Waals surface area contributed by atoms with Crippen LogP contribution in [0.3, 0.4) is 0 Å². The van der Waals surface area contributed by atoms with Crippen molar-refractivity contribution in [2.75, 3.05) is 18.0 Å². The molecule has 8 nitrogen and oxygen atoms in total. The molecule has 31 heavy (non-hydrogen) atoms. The lowest BCUT2D eigenvalue weighted by molar-refractivity contribution is -0.126. The normalized spacial score (nSPS) is 19.0. The maximum Gasteiger partial charge on any atom is 0.248 e. The summed E-state index contributed by atoms with van der Waals surface area (Å²) in [7, 11) is 0. The molecule has 2 fully saturated rings. The molecule has 2 aromatic rings. The second kappa shape index (κ2) is 8.77. The van der Waals surface area contributed by atoms with Crippen molar-refractivity contribution in [3.8, 4) is 16.7 Å². The zero-order valence-electron chi connectivity index (χ0n) is 16.4. The van der Waals surface area contributed by atoms with Crippen molar-refractivity contribution in [3.63, 3.8) is 0 Å². The second-order valence-corrected chi connectivity index (χ2v) is 8.42. The molecule has 166 valence electrons. The molecule has 1 saturated carbocycles. The zero-order chi connectivity index (χ0) is 22.0. The number of likely N-dealkylation sites (tertiary alicyclic amines) is 1. The topological polar surface area (TPSA) is 88.5 Å². The van der Waals surface area contributed by atoms with Crippen LogP contribution in [0.5, 0.6) is 5.88 Å². The fraction of sp³-hybridized carbons (Fsp3) is 0.526. The summed E-state index contributed by atoms with van der Waals surface area (Å²) in [6, 6.07) is 1.04. The molecule has 12 heteroatoms. The summed E-state index contributed by atoms with van der Waals surface area (Å²) in [4.78, 5) is 38.3. The van der Waals surface area contributed by atoms with E-state index in [0.717, 1.165) is 17.7 Å². The Morgan fingerprint density at radius 1 is 1.23 bits per heavy atom. The van der Waals surface area contributed by atoms with Crippen LogP contribution in [0.25, 0.3) is 10.8 Å². The molecule has 1 aliphatic heterocycles. The minimum atomic E-state index is -2.73. The van der Waals surface area contributed by atoms with Gasteiger partial charge in [-0.3, -0.25) is 14.5 Å². The van der Waals surface area contributed by atoms with E-state index in [1.165, 1.54) is 15.9 Å². The van der Waals surface area contributed by atoms with E-state index in [9.17, 15) is 22.8 Å². The van der Waals surface area contributed by atoms with Gasteiger partial charge in [0.15, 0.2) is 10.8 Å². The molecule has 0 N–H and O–H groups in total. The van der Waals surface area contributed by atoms with Gasteiger partial charge in [0.2, 0.25) is 24.6 Å². The van der Waals surface area contributed by atoms with Crippen molar-refractivity contribution in [1.29, 1.82) is 0 Å². The summed E-state index contributed by atoms with van der Waals surface area (Å²) in [6.07, 6.45) is 0.687. The Morgan fingerprint density at radius 2 is 1.97 bits per heavy atom. The summed E-state index contributed by atoms with van der Waals surface area (Å²) in [6.45, 7) is 0.0624. The van der Waals surface area contributed by atoms with Gasteiger partial charge < -0.3 is 9.64 Å². The number of aromatic nitrogens is 3. The molecule has 1 aliphatic carbocycles. The van der Waals surface area contributed by atoms with Crippen LogP contribution in [-0.2, 0) is 16.3 Å². The first-order valence-electron chi connectivity index (χ1n) is 9.78. The summed E-state index contributed by atoms with van der Waals surface area (Å²) >= 11 is 1.15. The predicted octanol–water partition coefficient (Wildman–Crippen LogP) is 2.83. The number of amides is 2. The van der Waals surface area contributed by atoms with Crippen LogP contribution >= 0.6 is 11.3 Å². The Bertz CT molecular complexity index is 944. The number of carbonyl (C=O) groups excluding carboxylic acids is 2. The van der Waals surface area contributed by atoms with Gasteiger partial charge in [-0.25, -0.2) is 23.1 Å². The first-order valence-corrected chi connectivity index (χ1v) is 10.7. The molecular weight excluding hydrogens is 435 g/mol. The first kappa shape index (κ1) is 21.5. The van der Waals surface area contributed by atoms with Crippen molar-refractivity contribution >= 4 is 30.0 Å². The molecule has 0 radical (unpaired) electrons. The molecule has 3 heterocycles. The molecule has 1 saturated heterocycles. The Kier molecular flexibility index (Phi) is 6.08. The quantitative estimate of drug-likeness (QED) is 0.569. The lowest BCUT2D eigenvalue weighted by atomic mass is 9.91. The minimum absolute atomic E-state index is 0.140.